The number of aromatic nitrogens is 1. The van der Waals surface area contributed by atoms with Crippen LogP contribution < -0.4 is 0 Å². The zero-order valence-corrected chi connectivity index (χ0v) is 17.2. The first kappa shape index (κ1) is 22.3. The van der Waals surface area contributed by atoms with E-state index in [-0.39, 0.29) is 40.4 Å². The average molecular weight is 397 g/mol. The normalized spacial score (nSPS) is 15.2. The molecule has 154 valence electrons. The van der Waals surface area contributed by atoms with Crippen molar-refractivity contribution in [3.05, 3.63) is 64.2 Å². The van der Waals surface area contributed by atoms with Crippen LogP contribution in [0.5, 0.6) is 0 Å². The van der Waals surface area contributed by atoms with Crippen LogP contribution >= 0.6 is 0 Å². The number of ether oxygens (including phenoxy) is 1. The van der Waals surface area contributed by atoms with Crippen molar-refractivity contribution in [2.75, 3.05) is 6.61 Å². The molecule has 0 aromatic carbocycles. The second-order valence-electron chi connectivity index (χ2n) is 6.98. The number of carboxylic acid groups (broad SMARTS) is 1. The molecular weight excluding hydrogens is 370 g/mol. The molecule has 0 radical (unpaired) electrons. The zero-order valence-electron chi connectivity index (χ0n) is 17.2. The van der Waals surface area contributed by atoms with Gasteiger partial charge in [-0.3, -0.25) is 14.6 Å². The van der Waals surface area contributed by atoms with E-state index >= 15 is 0 Å². The fourth-order valence-electron chi connectivity index (χ4n) is 3.24. The van der Waals surface area contributed by atoms with Crippen LogP contribution in [0.25, 0.3) is 0 Å². The van der Waals surface area contributed by atoms with Crippen molar-refractivity contribution in [1.29, 1.82) is 0 Å². The number of carboxylic acids is 1. The fraction of sp³-hybridized carbons (Fsp3) is 0.391. The number of carbonyl (C=O) groups is 3. The second-order valence-corrected chi connectivity index (χ2v) is 6.98. The number of unbranched alkanes of at least 4 members (excludes halogenated alkanes) is 2. The molecule has 1 aliphatic rings. The van der Waals surface area contributed by atoms with Crippen molar-refractivity contribution in [3.8, 4) is 0 Å². The minimum atomic E-state index is -1.08. The molecule has 1 heterocycles. The highest BCUT2D eigenvalue weighted by atomic mass is 16.5. The van der Waals surface area contributed by atoms with E-state index < -0.39 is 11.8 Å². The van der Waals surface area contributed by atoms with Crippen molar-refractivity contribution >= 4 is 17.5 Å². The molecule has 6 heteroatoms. The van der Waals surface area contributed by atoms with Gasteiger partial charge in [-0.25, -0.2) is 4.79 Å². The van der Waals surface area contributed by atoms with E-state index in [0.29, 0.717) is 12.8 Å². The van der Waals surface area contributed by atoms with Crippen molar-refractivity contribution < 1.29 is 24.2 Å². The van der Waals surface area contributed by atoms with E-state index in [9.17, 15) is 19.5 Å². The van der Waals surface area contributed by atoms with Crippen molar-refractivity contribution in [2.24, 2.45) is 0 Å². The summed E-state index contributed by atoms with van der Waals surface area (Å²) >= 11 is 0. The van der Waals surface area contributed by atoms with E-state index in [1.165, 1.54) is 6.08 Å². The lowest BCUT2D eigenvalue weighted by Gasteiger charge is -2.19. The molecule has 0 saturated carbocycles. The zero-order chi connectivity index (χ0) is 21.4. The number of allylic oxidation sites excluding steroid dienone is 4. The Hall–Kier alpha value is -3.02. The molecule has 1 aromatic heterocycles. The quantitative estimate of drug-likeness (QED) is 0.365. The number of hydrogen-bond acceptors (Lipinski definition) is 5. The molecule has 6 nitrogen and oxygen atoms in total. The molecule has 0 spiro atoms. The first-order valence-electron chi connectivity index (χ1n) is 9.83. The maximum absolute atomic E-state index is 12.7. The number of Topliss-reactive ketones (excluding diaryl/α,β-unsaturated/α-hetero) is 2. The van der Waals surface area contributed by atoms with Gasteiger partial charge in [0.1, 0.15) is 0 Å². The van der Waals surface area contributed by atoms with Gasteiger partial charge in [-0.05, 0) is 64.2 Å². The maximum Gasteiger partial charge on any atom is 0.331 e. The first-order chi connectivity index (χ1) is 13.9. The molecule has 0 fully saturated rings. The van der Waals surface area contributed by atoms with E-state index in [0.717, 1.165) is 24.8 Å². The van der Waals surface area contributed by atoms with E-state index in [1.54, 1.807) is 27.0 Å². The number of carbonyl (C=O) groups excluding carboxylic acids is 2. The molecule has 0 amide bonds. The minimum absolute atomic E-state index is 0.00978. The van der Waals surface area contributed by atoms with Gasteiger partial charge in [-0.2, -0.15) is 0 Å². The first-order valence-corrected chi connectivity index (χ1v) is 9.83. The van der Waals surface area contributed by atoms with Gasteiger partial charge in [0, 0.05) is 34.7 Å². The number of pyridine rings is 1. The summed E-state index contributed by atoms with van der Waals surface area (Å²) in [6.07, 6.45) is 8.57. The lowest BCUT2D eigenvalue weighted by Crippen LogP contribution is -2.23. The van der Waals surface area contributed by atoms with Crippen LogP contribution in [-0.2, 0) is 25.5 Å². The smallest absolute Gasteiger partial charge is 0.331 e. The summed E-state index contributed by atoms with van der Waals surface area (Å²) in [6.45, 7) is 5.08. The molecule has 0 bridgehead atoms. The number of ketones is 2. The Morgan fingerprint density at radius 3 is 2.52 bits per heavy atom. The highest BCUT2D eigenvalue weighted by molar-refractivity contribution is 6.25. The van der Waals surface area contributed by atoms with Crippen LogP contribution in [0.2, 0.25) is 0 Å². The Kier molecular flexibility index (Phi) is 8.07. The molecule has 1 aliphatic carbocycles. The van der Waals surface area contributed by atoms with Gasteiger partial charge in [0.2, 0.25) is 5.78 Å². The second kappa shape index (κ2) is 10.5. The summed E-state index contributed by atoms with van der Waals surface area (Å²) in [5, 5.41) is 9.56. The number of nitrogens with zero attached hydrogens (tertiary/aromatic N) is 1. The molecule has 0 aliphatic heterocycles. The SMILES string of the molecule is CCOC1=C(C)C(=O)C(C)=C(/C=C(\CCCCCc2cccnc2)C(=O)O)C1=O. The van der Waals surface area contributed by atoms with E-state index in [1.807, 2.05) is 18.3 Å². The summed E-state index contributed by atoms with van der Waals surface area (Å²) < 4.78 is 5.35. The number of rotatable bonds is 10. The Balaban J connectivity index is 2.06. The molecule has 0 saturated heterocycles. The molecule has 1 N–H and O–H groups in total. The third-order valence-electron chi connectivity index (χ3n) is 4.89. The van der Waals surface area contributed by atoms with Gasteiger partial charge in [0.05, 0.1) is 6.61 Å². The summed E-state index contributed by atoms with van der Waals surface area (Å²) in [5.41, 5.74) is 1.90. The summed E-state index contributed by atoms with van der Waals surface area (Å²) in [5.74, 6) is -1.80. The van der Waals surface area contributed by atoms with Crippen LogP contribution in [-0.4, -0.2) is 34.2 Å². The van der Waals surface area contributed by atoms with Gasteiger partial charge in [-0.15, -0.1) is 0 Å². The Bertz CT molecular complexity index is 878. The van der Waals surface area contributed by atoms with Crippen LogP contribution in [0.1, 0.15) is 52.0 Å². The van der Waals surface area contributed by atoms with E-state index in [4.69, 9.17) is 4.74 Å². The topological polar surface area (TPSA) is 93.6 Å². The standard InChI is InChI=1S/C23H27NO5/c1-4-29-22-16(3)20(25)15(2)19(21(22)26)13-18(23(27)28)11-7-5-6-9-17-10-8-12-24-14-17/h8,10,12-14H,4-7,9,11H2,1-3H3,(H,27,28)/b18-13+. The largest absolute Gasteiger partial charge is 0.489 e. The highest BCUT2D eigenvalue weighted by Gasteiger charge is 2.31. The number of aliphatic carboxylic acids is 1. The lowest BCUT2D eigenvalue weighted by atomic mass is 9.88. The van der Waals surface area contributed by atoms with Gasteiger partial charge in [0.15, 0.2) is 11.5 Å². The van der Waals surface area contributed by atoms with Crippen LogP contribution in [0, 0.1) is 0 Å². The predicted molar refractivity (Wildman–Crippen MR) is 109 cm³/mol. The third-order valence-corrected chi connectivity index (χ3v) is 4.89. The molecule has 1 aromatic rings. The van der Waals surface area contributed by atoms with E-state index in [2.05, 4.69) is 4.98 Å². The maximum atomic E-state index is 12.7. The molecule has 29 heavy (non-hydrogen) atoms. The van der Waals surface area contributed by atoms with Gasteiger partial charge in [-0.1, -0.05) is 12.5 Å². The van der Waals surface area contributed by atoms with Crippen molar-refractivity contribution in [2.45, 2.75) is 52.9 Å². The van der Waals surface area contributed by atoms with Crippen molar-refractivity contribution in [1.82, 2.24) is 4.98 Å². The summed E-state index contributed by atoms with van der Waals surface area (Å²) in [7, 11) is 0. The molecular formula is C23H27NO5. The Morgan fingerprint density at radius 1 is 1.14 bits per heavy atom. The molecule has 0 atom stereocenters. The van der Waals surface area contributed by atoms with Crippen LogP contribution in [0.3, 0.4) is 0 Å². The monoisotopic (exact) mass is 397 g/mol. The van der Waals surface area contributed by atoms with Gasteiger partial charge in [0.25, 0.3) is 0 Å². The highest BCUT2D eigenvalue weighted by Crippen LogP contribution is 2.27. The number of aryl methyl sites for hydroxylation is 1. The number of hydrogen-bond donors (Lipinski definition) is 1. The average Bonchev–Trinajstić information content (AvgIpc) is 2.71. The summed E-state index contributed by atoms with van der Waals surface area (Å²) in [4.78, 5) is 40.9. The summed E-state index contributed by atoms with van der Waals surface area (Å²) in [6, 6.07) is 3.91. The fourth-order valence-corrected chi connectivity index (χ4v) is 3.24. The van der Waals surface area contributed by atoms with Crippen molar-refractivity contribution in [3.63, 3.8) is 0 Å². The predicted octanol–water partition coefficient (Wildman–Crippen LogP) is 3.97. The Morgan fingerprint density at radius 2 is 1.90 bits per heavy atom. The molecule has 0 unspecified atom stereocenters. The third kappa shape index (κ3) is 5.73. The van der Waals surface area contributed by atoms with Gasteiger partial charge >= 0.3 is 5.97 Å². The van der Waals surface area contributed by atoms with Crippen LogP contribution in [0.4, 0.5) is 0 Å². The molecule has 2 rings (SSSR count). The minimum Gasteiger partial charge on any atom is -0.489 e. The Labute approximate surface area is 171 Å². The lowest BCUT2D eigenvalue weighted by molar-refractivity contribution is -0.132. The van der Waals surface area contributed by atoms with Gasteiger partial charge < -0.3 is 9.84 Å². The van der Waals surface area contributed by atoms with Crippen LogP contribution in [0.15, 0.2) is 58.7 Å².